The zero-order valence-electron chi connectivity index (χ0n) is 12.9. The quantitative estimate of drug-likeness (QED) is 0.215. The summed E-state index contributed by atoms with van der Waals surface area (Å²) in [4.78, 5) is 0. The molecule has 22 heavy (non-hydrogen) atoms. The van der Waals surface area contributed by atoms with E-state index >= 15 is 0 Å². The van der Waals surface area contributed by atoms with Crippen LogP contribution in [-0.4, -0.2) is 0 Å². The number of rotatable bonds is 7. The van der Waals surface area contributed by atoms with Crippen LogP contribution in [0.15, 0.2) is 24.5 Å². The van der Waals surface area contributed by atoms with Crippen molar-refractivity contribution in [3.63, 3.8) is 0 Å². The first kappa shape index (κ1) is 21.2. The van der Waals surface area contributed by atoms with Crippen molar-refractivity contribution in [2.24, 2.45) is 0 Å². The summed E-state index contributed by atoms with van der Waals surface area (Å²) in [5, 5.41) is 0. The van der Waals surface area contributed by atoms with Crippen LogP contribution in [0.25, 0.3) is 0 Å². The van der Waals surface area contributed by atoms with Gasteiger partial charge in [0, 0.05) is 18.6 Å². The molecule has 0 saturated heterocycles. The van der Waals surface area contributed by atoms with E-state index < -0.39 is 7.81 Å². The Morgan fingerprint density at radius 2 is 1.23 bits per heavy atom. The van der Waals surface area contributed by atoms with Gasteiger partial charge in [-0.15, -0.1) is 0 Å². The molecule has 8 heteroatoms. The number of unbranched alkanes of at least 4 members (excludes halogenated alkanes) is 5. The Morgan fingerprint density at radius 1 is 0.818 bits per heavy atom. The number of aryl methyl sites for hydroxylation is 2. The third kappa shape index (κ3) is 21.5. The van der Waals surface area contributed by atoms with Gasteiger partial charge in [0.15, 0.2) is 12.4 Å². The molecule has 0 fully saturated rings. The minimum atomic E-state index is -10.7. The molecule has 0 aliphatic carbocycles. The number of hydrogen-bond donors (Lipinski definition) is 0. The van der Waals surface area contributed by atoms with E-state index in [0.29, 0.717) is 0 Å². The van der Waals surface area contributed by atoms with E-state index in [0.717, 1.165) is 0 Å². The average Bonchev–Trinajstić information content (AvgIpc) is 2.32. The molecule has 1 heterocycles. The molecule has 0 bridgehead atoms. The molecule has 0 aliphatic rings. The number of aromatic nitrogens is 1. The first-order valence-electron chi connectivity index (χ1n) is 7.30. The van der Waals surface area contributed by atoms with Gasteiger partial charge < -0.3 is 0 Å². The van der Waals surface area contributed by atoms with Gasteiger partial charge in [-0.25, -0.2) is 4.57 Å². The second-order valence-electron chi connectivity index (χ2n) is 5.34. The normalized spacial score (nSPS) is 14.5. The van der Waals surface area contributed by atoms with Crippen LogP contribution < -0.4 is 4.57 Å². The molecular weight excluding hydrogens is 327 g/mol. The summed E-state index contributed by atoms with van der Waals surface area (Å²) in [7, 11) is -10.7. The van der Waals surface area contributed by atoms with Crippen molar-refractivity contribution in [3.8, 4) is 0 Å². The van der Waals surface area contributed by atoms with Gasteiger partial charge in [-0.2, -0.15) is 0 Å². The topological polar surface area (TPSA) is 3.88 Å². The van der Waals surface area contributed by atoms with Crippen LogP contribution >= 0.6 is 7.81 Å². The van der Waals surface area contributed by atoms with Gasteiger partial charge in [-0.05, 0) is 18.9 Å². The fourth-order valence-electron chi connectivity index (χ4n) is 1.76. The maximum absolute atomic E-state index is 10.7. The van der Waals surface area contributed by atoms with E-state index in [1.807, 2.05) is 0 Å². The molecule has 0 unspecified atom stereocenters. The minimum absolute atomic E-state index is 1.17. The van der Waals surface area contributed by atoms with Gasteiger partial charge in [0.25, 0.3) is 0 Å². The number of halogens is 6. The Balaban J connectivity index is 0.000000534. The molecular formula is C14H24F6NP. The van der Waals surface area contributed by atoms with Crippen molar-refractivity contribution in [3.05, 3.63) is 30.1 Å². The van der Waals surface area contributed by atoms with Gasteiger partial charge in [-0.1, -0.05) is 32.6 Å². The molecule has 0 aliphatic heterocycles. The Morgan fingerprint density at radius 3 is 1.68 bits per heavy atom. The van der Waals surface area contributed by atoms with Crippen molar-refractivity contribution in [1.82, 2.24) is 0 Å². The van der Waals surface area contributed by atoms with Crippen molar-refractivity contribution in [2.45, 2.75) is 58.9 Å². The monoisotopic (exact) mass is 351 g/mol. The van der Waals surface area contributed by atoms with Gasteiger partial charge in [0.1, 0.15) is 6.54 Å². The Bertz CT molecular complexity index is 414. The first-order chi connectivity index (χ1) is 9.78. The summed E-state index contributed by atoms with van der Waals surface area (Å²) in [5.74, 6) is 0. The summed E-state index contributed by atoms with van der Waals surface area (Å²) >= 11 is 0. The first-order valence-corrected chi connectivity index (χ1v) is 9.33. The predicted octanol–water partition coefficient (Wildman–Crippen LogP) is 7.03. The Labute approximate surface area is 127 Å². The molecule has 1 aromatic heterocycles. The molecule has 0 amide bonds. The van der Waals surface area contributed by atoms with E-state index in [1.165, 1.54) is 50.6 Å². The maximum atomic E-state index is 9.87. The van der Waals surface area contributed by atoms with Gasteiger partial charge in [-0.3, -0.25) is 0 Å². The van der Waals surface area contributed by atoms with Crippen molar-refractivity contribution in [2.75, 3.05) is 0 Å². The van der Waals surface area contributed by atoms with Crippen LogP contribution in [0.1, 0.15) is 51.0 Å². The average molecular weight is 351 g/mol. The van der Waals surface area contributed by atoms with Crippen molar-refractivity contribution < 1.29 is 29.7 Å². The molecule has 0 aromatic carbocycles. The number of nitrogens with zero attached hydrogens (tertiary/aromatic N) is 1. The Hall–Kier alpha value is -0.840. The van der Waals surface area contributed by atoms with Crippen molar-refractivity contribution in [1.29, 1.82) is 0 Å². The molecule has 1 rings (SSSR count). The Kier molecular flexibility index (Phi) is 7.33. The molecule has 1 aromatic rings. The summed E-state index contributed by atoms with van der Waals surface area (Å²) in [5.41, 5.74) is 1.34. The second kappa shape index (κ2) is 7.62. The van der Waals surface area contributed by atoms with E-state index in [9.17, 15) is 25.2 Å². The fraction of sp³-hybridized carbons (Fsp3) is 0.643. The van der Waals surface area contributed by atoms with Crippen LogP contribution in [0.3, 0.4) is 0 Å². The molecule has 0 atom stereocenters. The van der Waals surface area contributed by atoms with E-state index in [-0.39, 0.29) is 0 Å². The molecule has 0 radical (unpaired) electrons. The predicted molar refractivity (Wildman–Crippen MR) is 78.3 cm³/mol. The fourth-order valence-corrected chi connectivity index (χ4v) is 1.76. The van der Waals surface area contributed by atoms with Gasteiger partial charge in [0.05, 0.1) is 0 Å². The molecule has 0 N–H and O–H groups in total. The molecule has 0 spiro atoms. The number of hydrogen-bond acceptors (Lipinski definition) is 0. The summed E-state index contributed by atoms with van der Waals surface area (Å²) < 4.78 is 61.5. The van der Waals surface area contributed by atoms with Crippen LogP contribution in [0.5, 0.6) is 0 Å². The standard InChI is InChI=1S/C14H24N.F6P/c1-3-4-5-6-7-8-11-15-12-9-14(2)10-13-15;1-7(2,3,4,5)6/h9-10,12-13H,3-8,11H2,1-2H3;/q+1;-1. The van der Waals surface area contributed by atoms with E-state index in [1.54, 1.807) is 0 Å². The van der Waals surface area contributed by atoms with Crippen molar-refractivity contribution >= 4 is 7.81 Å². The van der Waals surface area contributed by atoms with Crippen LogP contribution in [-0.2, 0) is 6.54 Å². The zero-order chi connectivity index (χ0) is 17.3. The second-order valence-corrected chi connectivity index (χ2v) is 7.26. The summed E-state index contributed by atoms with van der Waals surface area (Å²) in [6, 6.07) is 4.36. The van der Waals surface area contributed by atoms with Gasteiger partial charge in [0.2, 0.25) is 0 Å². The third-order valence-corrected chi connectivity index (χ3v) is 2.83. The van der Waals surface area contributed by atoms with E-state index in [2.05, 4.69) is 42.9 Å². The summed E-state index contributed by atoms with van der Waals surface area (Å²) in [6.45, 7) is 5.57. The number of pyridine rings is 1. The third-order valence-electron chi connectivity index (χ3n) is 2.83. The van der Waals surface area contributed by atoms with Crippen LogP contribution in [0, 0.1) is 6.92 Å². The van der Waals surface area contributed by atoms with Crippen LogP contribution in [0.2, 0.25) is 0 Å². The SMILES string of the molecule is CCCCCCCC[n+]1ccc(C)cc1.F[P-](F)(F)(F)(F)F. The molecule has 132 valence electrons. The van der Waals surface area contributed by atoms with Gasteiger partial charge >= 0.3 is 33.0 Å². The van der Waals surface area contributed by atoms with Crippen LogP contribution in [0.4, 0.5) is 25.2 Å². The zero-order valence-corrected chi connectivity index (χ0v) is 13.8. The summed E-state index contributed by atoms with van der Waals surface area (Å²) in [6.07, 6.45) is 12.6. The molecule has 0 saturated carbocycles. The molecule has 1 nitrogen and oxygen atoms in total. The van der Waals surface area contributed by atoms with E-state index in [4.69, 9.17) is 0 Å².